The largest absolute Gasteiger partial charge is 0.307 e. The molecule has 0 aromatic heterocycles. The van der Waals surface area contributed by atoms with E-state index in [1.54, 1.807) is 5.01 Å². The Bertz CT molecular complexity index is 44.1. The van der Waals surface area contributed by atoms with E-state index >= 15 is 0 Å². The van der Waals surface area contributed by atoms with E-state index in [-0.39, 0.29) is 0 Å². The number of rotatable bonds is 2. The van der Waals surface area contributed by atoms with Gasteiger partial charge in [-0.25, -0.2) is 5.01 Å². The van der Waals surface area contributed by atoms with Gasteiger partial charge >= 0.3 is 0 Å². The second-order valence-electron chi connectivity index (χ2n) is 1.11. The molecule has 0 aromatic carbocycles. The molecule has 0 saturated heterocycles. The molecule has 0 amide bonds. The predicted octanol–water partition coefficient (Wildman–Crippen LogP) is -0.113. The van der Waals surface area contributed by atoms with E-state index in [9.17, 15) is 0 Å². The van der Waals surface area contributed by atoms with Crippen molar-refractivity contribution in [3.63, 3.8) is 0 Å². The number of hydrogen-bond acceptors (Lipinski definition) is 2. The highest BCUT2D eigenvalue weighted by atomic mass is 32.1. The van der Waals surface area contributed by atoms with Crippen molar-refractivity contribution >= 4 is 17.7 Å². The molecule has 1 radical (unpaired) electrons. The fraction of sp³-hybridized carbons (Fsp3) is 0.667. The van der Waals surface area contributed by atoms with Crippen molar-refractivity contribution in [1.29, 1.82) is 0 Å². The monoisotopic (exact) mass is 103 g/mol. The Kier molecular flexibility index (Phi) is 2.98. The minimum absolute atomic E-state index is 1.72. The normalized spacial score (nSPS) is 8.50. The van der Waals surface area contributed by atoms with Crippen LogP contribution in [0.2, 0.25) is 0 Å². The van der Waals surface area contributed by atoms with Gasteiger partial charge in [-0.15, -0.1) is 0 Å². The highest BCUT2D eigenvalue weighted by Gasteiger charge is 1.73. The second kappa shape index (κ2) is 3.06. The van der Waals surface area contributed by atoms with Crippen molar-refractivity contribution in [2.45, 2.75) is 0 Å². The van der Waals surface area contributed by atoms with Crippen molar-refractivity contribution in [3.8, 4) is 0 Å². The number of thiocarbonyl (C=S) groups is 1. The Morgan fingerprint density at radius 2 is 2.17 bits per heavy atom. The molecule has 0 unspecified atom stereocenters. The molecule has 0 aliphatic rings. The molecule has 0 aliphatic heterocycles. The number of hydrogen-bond donors (Lipinski definition) is 1. The van der Waals surface area contributed by atoms with Crippen LogP contribution in [0.4, 0.5) is 0 Å². The summed E-state index contributed by atoms with van der Waals surface area (Å²) in [4.78, 5) is 0. The summed E-state index contributed by atoms with van der Waals surface area (Å²) in [6.45, 7) is 0. The SMILES string of the molecule is CN(C)N[C]=S. The van der Waals surface area contributed by atoms with Crippen molar-refractivity contribution < 1.29 is 0 Å². The van der Waals surface area contributed by atoms with E-state index in [1.807, 2.05) is 14.1 Å². The van der Waals surface area contributed by atoms with E-state index in [2.05, 4.69) is 23.1 Å². The summed E-state index contributed by atoms with van der Waals surface area (Å²) in [5, 5.41) is 1.72. The summed E-state index contributed by atoms with van der Waals surface area (Å²) in [6, 6.07) is 0. The fourth-order valence-corrected chi connectivity index (χ4v) is 0.274. The Labute approximate surface area is 43.1 Å². The maximum absolute atomic E-state index is 4.33. The van der Waals surface area contributed by atoms with Gasteiger partial charge in [-0.05, 0) is 0 Å². The third kappa shape index (κ3) is 3.85. The Balaban J connectivity index is 2.81. The van der Waals surface area contributed by atoms with E-state index in [0.29, 0.717) is 0 Å². The molecule has 1 N–H and O–H groups in total. The van der Waals surface area contributed by atoms with Gasteiger partial charge < -0.3 is 5.43 Å². The van der Waals surface area contributed by atoms with Crippen LogP contribution in [-0.4, -0.2) is 24.6 Å². The molecule has 2 nitrogen and oxygen atoms in total. The fourth-order valence-electron chi connectivity index (χ4n) is 0.0913. The third-order valence-corrected chi connectivity index (χ3v) is 0.361. The highest BCUT2D eigenvalue weighted by Crippen LogP contribution is 1.53. The molecule has 0 heterocycles. The molecule has 6 heavy (non-hydrogen) atoms. The van der Waals surface area contributed by atoms with Crippen molar-refractivity contribution in [3.05, 3.63) is 0 Å². The zero-order chi connectivity index (χ0) is 4.99. The quantitative estimate of drug-likeness (QED) is 0.298. The van der Waals surface area contributed by atoms with Crippen LogP contribution >= 0.6 is 12.2 Å². The van der Waals surface area contributed by atoms with Gasteiger partial charge in [-0.1, -0.05) is 12.2 Å². The standard InChI is InChI=1S/C3H7N2S/c1-5(2)4-3-6/h1-2H3,(H,4,6). The second-order valence-corrected chi connectivity index (χ2v) is 1.31. The van der Waals surface area contributed by atoms with Gasteiger partial charge in [0.2, 0.25) is 0 Å². The summed E-state index contributed by atoms with van der Waals surface area (Å²) < 4.78 is 0. The number of nitrogens with zero attached hydrogens (tertiary/aromatic N) is 1. The number of nitrogens with one attached hydrogen (secondary N) is 1. The first kappa shape index (κ1) is 5.85. The first-order valence-electron chi connectivity index (χ1n) is 1.57. The average molecular weight is 103 g/mol. The molecular weight excluding hydrogens is 96.1 g/mol. The first-order valence-corrected chi connectivity index (χ1v) is 1.98. The van der Waals surface area contributed by atoms with Crippen LogP contribution in [0.1, 0.15) is 0 Å². The van der Waals surface area contributed by atoms with Crippen LogP contribution in [0.3, 0.4) is 0 Å². The summed E-state index contributed by atoms with van der Waals surface area (Å²) in [6.07, 6.45) is 0. The van der Waals surface area contributed by atoms with Gasteiger partial charge in [-0.3, -0.25) is 0 Å². The zero-order valence-corrected chi connectivity index (χ0v) is 4.67. The molecule has 35 valence electrons. The maximum atomic E-state index is 4.33. The minimum Gasteiger partial charge on any atom is -0.307 e. The van der Waals surface area contributed by atoms with E-state index in [4.69, 9.17) is 0 Å². The van der Waals surface area contributed by atoms with Crippen LogP contribution in [0.25, 0.3) is 0 Å². The van der Waals surface area contributed by atoms with E-state index in [0.717, 1.165) is 0 Å². The lowest BCUT2D eigenvalue weighted by Crippen LogP contribution is -2.27. The van der Waals surface area contributed by atoms with Gasteiger partial charge in [0.1, 0.15) is 5.49 Å². The molecule has 0 atom stereocenters. The lowest BCUT2D eigenvalue weighted by atomic mass is 11.1. The summed E-state index contributed by atoms with van der Waals surface area (Å²) in [7, 11) is 3.69. The van der Waals surface area contributed by atoms with Gasteiger partial charge in [0.05, 0.1) is 0 Å². The molecule has 0 fully saturated rings. The summed E-state index contributed by atoms with van der Waals surface area (Å²) in [5.41, 5.74) is 4.93. The van der Waals surface area contributed by atoms with Gasteiger partial charge in [0, 0.05) is 14.1 Å². The summed E-state index contributed by atoms with van der Waals surface area (Å²) >= 11 is 4.33. The van der Waals surface area contributed by atoms with Gasteiger partial charge in [0.25, 0.3) is 0 Å². The highest BCUT2D eigenvalue weighted by molar-refractivity contribution is 7.78. The molecular formula is C3H7N2S. The van der Waals surface area contributed by atoms with Crippen LogP contribution in [0.5, 0.6) is 0 Å². The molecule has 0 rings (SSSR count). The molecule has 0 bridgehead atoms. The summed E-state index contributed by atoms with van der Waals surface area (Å²) in [5.74, 6) is 0. The molecule has 0 aromatic rings. The minimum atomic E-state index is 1.72. The van der Waals surface area contributed by atoms with Crippen LogP contribution in [0.15, 0.2) is 0 Å². The lowest BCUT2D eigenvalue weighted by molar-refractivity contribution is 0.370. The molecule has 3 heteroatoms. The van der Waals surface area contributed by atoms with Crippen molar-refractivity contribution in [2.75, 3.05) is 14.1 Å². The van der Waals surface area contributed by atoms with Gasteiger partial charge in [-0.2, -0.15) is 0 Å². The lowest BCUT2D eigenvalue weighted by Gasteiger charge is -2.03. The average Bonchev–Trinajstić information content (AvgIpc) is 1.35. The Morgan fingerprint density at radius 1 is 1.67 bits per heavy atom. The molecule has 0 spiro atoms. The van der Waals surface area contributed by atoms with E-state index < -0.39 is 0 Å². The van der Waals surface area contributed by atoms with E-state index in [1.165, 1.54) is 0 Å². The van der Waals surface area contributed by atoms with Gasteiger partial charge in [0.15, 0.2) is 0 Å². The predicted molar refractivity (Wildman–Crippen MR) is 29.4 cm³/mol. The van der Waals surface area contributed by atoms with Crippen LogP contribution in [0, 0.1) is 0 Å². The van der Waals surface area contributed by atoms with Crippen LogP contribution < -0.4 is 5.43 Å². The number of hydrazine groups is 1. The third-order valence-electron chi connectivity index (χ3n) is 0.269. The molecule has 0 aliphatic carbocycles. The van der Waals surface area contributed by atoms with Crippen molar-refractivity contribution in [1.82, 2.24) is 10.4 Å². The van der Waals surface area contributed by atoms with Crippen molar-refractivity contribution in [2.24, 2.45) is 0 Å². The Hall–Kier alpha value is -0.150. The maximum Gasteiger partial charge on any atom is 0.149 e. The molecule has 0 saturated carbocycles. The topological polar surface area (TPSA) is 15.3 Å². The zero-order valence-electron chi connectivity index (χ0n) is 3.86. The smallest absolute Gasteiger partial charge is 0.149 e. The Morgan fingerprint density at radius 3 is 2.17 bits per heavy atom. The van der Waals surface area contributed by atoms with Crippen LogP contribution in [-0.2, 0) is 0 Å². The first-order chi connectivity index (χ1) is 2.77.